The summed E-state index contributed by atoms with van der Waals surface area (Å²) in [6, 6.07) is 16.0. The number of hydrogen-bond acceptors (Lipinski definition) is 5. The molecule has 0 atom stereocenters. The highest BCUT2D eigenvalue weighted by Gasteiger charge is 2.36. The maximum Gasteiger partial charge on any atom is 0.261 e. The summed E-state index contributed by atoms with van der Waals surface area (Å²) in [5, 5.41) is 2.16. The quantitative estimate of drug-likeness (QED) is 0.621. The molecule has 5 rings (SSSR count). The van der Waals surface area contributed by atoms with Crippen LogP contribution in [0.3, 0.4) is 0 Å². The first-order chi connectivity index (χ1) is 15.4. The molecule has 1 N–H and O–H groups in total. The number of carbonyl (C=O) groups excluding carboxylic acids is 1. The van der Waals surface area contributed by atoms with Gasteiger partial charge in [-0.25, -0.2) is 8.42 Å². The number of thiophene rings is 1. The van der Waals surface area contributed by atoms with Crippen molar-refractivity contribution in [1.82, 2.24) is 9.80 Å². The van der Waals surface area contributed by atoms with E-state index < -0.39 is 10.0 Å². The number of amides is 1. The molecule has 6 nitrogen and oxygen atoms in total. The second-order valence-electron chi connectivity index (χ2n) is 8.45. The molecule has 1 amide bonds. The van der Waals surface area contributed by atoms with E-state index in [9.17, 15) is 13.2 Å². The van der Waals surface area contributed by atoms with Gasteiger partial charge in [-0.1, -0.05) is 12.1 Å². The first-order valence-electron chi connectivity index (χ1n) is 10.7. The minimum absolute atomic E-state index is 0.0115. The summed E-state index contributed by atoms with van der Waals surface area (Å²) < 4.78 is 27.8. The second kappa shape index (κ2) is 8.35. The maximum absolute atomic E-state index is 12.8. The van der Waals surface area contributed by atoms with Gasteiger partial charge < -0.3 is 4.90 Å². The molecule has 0 saturated carbocycles. The summed E-state index contributed by atoms with van der Waals surface area (Å²) in [5.74, 6) is -0.0115. The summed E-state index contributed by atoms with van der Waals surface area (Å²) in [6.07, 6.45) is 1.09. The molecule has 32 heavy (non-hydrogen) atoms. The van der Waals surface area contributed by atoms with Crippen LogP contribution in [0.5, 0.6) is 0 Å². The summed E-state index contributed by atoms with van der Waals surface area (Å²) in [5.41, 5.74) is 3.31. The number of rotatable bonds is 5. The molecule has 1 aromatic heterocycles. The lowest BCUT2D eigenvalue weighted by Crippen LogP contribution is -2.61. The molecule has 2 aliphatic heterocycles. The molecule has 0 bridgehead atoms. The third kappa shape index (κ3) is 4.18. The Labute approximate surface area is 192 Å². The SMILES string of the molecule is Cc1cccc(S(=O)(=O)Nc2ccc(C(=O)N3CC(N4CCc5sccc5C4)C3)cc2)c1. The molecule has 3 aromatic rings. The van der Waals surface area contributed by atoms with Crippen LogP contribution < -0.4 is 4.72 Å². The van der Waals surface area contributed by atoms with Crippen molar-refractivity contribution in [2.24, 2.45) is 0 Å². The fraction of sp³-hybridized carbons (Fsp3) is 0.292. The number of likely N-dealkylation sites (tertiary alicyclic amines) is 1. The van der Waals surface area contributed by atoms with Gasteiger partial charge in [0, 0.05) is 48.3 Å². The molecule has 2 aromatic carbocycles. The molecule has 0 radical (unpaired) electrons. The average Bonchev–Trinajstić information content (AvgIpc) is 3.21. The van der Waals surface area contributed by atoms with E-state index >= 15 is 0 Å². The van der Waals surface area contributed by atoms with E-state index in [1.807, 2.05) is 29.2 Å². The smallest absolute Gasteiger partial charge is 0.261 e. The topological polar surface area (TPSA) is 69.7 Å². The number of sulfonamides is 1. The van der Waals surface area contributed by atoms with Crippen molar-refractivity contribution >= 4 is 33.0 Å². The summed E-state index contributed by atoms with van der Waals surface area (Å²) in [7, 11) is -3.67. The predicted octanol–water partition coefficient (Wildman–Crippen LogP) is 3.74. The molecule has 166 valence electrons. The molecule has 3 heterocycles. The van der Waals surface area contributed by atoms with Crippen LogP contribution in [0, 0.1) is 6.92 Å². The molecule has 1 fully saturated rings. The van der Waals surface area contributed by atoms with Crippen molar-refractivity contribution in [3.05, 3.63) is 81.5 Å². The monoisotopic (exact) mass is 467 g/mol. The highest BCUT2D eigenvalue weighted by Crippen LogP contribution is 2.28. The van der Waals surface area contributed by atoms with Crippen molar-refractivity contribution < 1.29 is 13.2 Å². The number of nitrogens with one attached hydrogen (secondary N) is 1. The highest BCUT2D eigenvalue weighted by molar-refractivity contribution is 7.92. The molecular formula is C24H25N3O3S2. The van der Waals surface area contributed by atoms with Crippen LogP contribution in [0.25, 0.3) is 0 Å². The minimum atomic E-state index is -3.67. The first kappa shape index (κ1) is 21.2. The van der Waals surface area contributed by atoms with Crippen molar-refractivity contribution in [1.29, 1.82) is 0 Å². The van der Waals surface area contributed by atoms with Gasteiger partial charge in [0.1, 0.15) is 0 Å². The van der Waals surface area contributed by atoms with Gasteiger partial charge in [-0.05, 0) is 72.3 Å². The van der Waals surface area contributed by atoms with Gasteiger partial charge in [0.05, 0.1) is 4.90 Å². The third-order valence-corrected chi connectivity index (χ3v) is 8.59. The Morgan fingerprint density at radius 3 is 2.62 bits per heavy atom. The van der Waals surface area contributed by atoms with E-state index in [1.165, 1.54) is 10.4 Å². The molecule has 1 saturated heterocycles. The molecule has 0 spiro atoms. The van der Waals surface area contributed by atoms with Crippen LogP contribution in [0.4, 0.5) is 5.69 Å². The second-order valence-corrected chi connectivity index (χ2v) is 11.1. The Kier molecular flexibility index (Phi) is 5.53. The number of aryl methyl sites for hydroxylation is 1. The van der Waals surface area contributed by atoms with Gasteiger partial charge >= 0.3 is 0 Å². The van der Waals surface area contributed by atoms with Gasteiger partial charge in [0.2, 0.25) is 0 Å². The number of fused-ring (bicyclic) bond motifs is 1. The van der Waals surface area contributed by atoms with Crippen molar-refractivity contribution in [2.75, 3.05) is 24.4 Å². The van der Waals surface area contributed by atoms with Crippen LogP contribution in [0.15, 0.2) is 64.9 Å². The molecule has 0 unspecified atom stereocenters. The van der Waals surface area contributed by atoms with E-state index in [1.54, 1.807) is 42.5 Å². The Hall–Kier alpha value is -2.68. The Morgan fingerprint density at radius 2 is 1.88 bits per heavy atom. The van der Waals surface area contributed by atoms with Crippen LogP contribution in [-0.4, -0.2) is 49.8 Å². The normalized spacial score (nSPS) is 17.0. The summed E-state index contributed by atoms with van der Waals surface area (Å²) in [4.78, 5) is 18.9. The van der Waals surface area contributed by atoms with Crippen LogP contribution in [0.2, 0.25) is 0 Å². The number of nitrogens with zero attached hydrogens (tertiary/aromatic N) is 2. The maximum atomic E-state index is 12.8. The van der Waals surface area contributed by atoms with Crippen LogP contribution >= 0.6 is 11.3 Å². The standard InChI is InChI=1S/C24H25N3O3S2/c1-17-3-2-4-22(13-17)32(29,30)25-20-7-5-18(6-8-20)24(28)27-15-21(16-27)26-11-9-23-19(14-26)10-12-31-23/h2-8,10,12-13,21,25H,9,11,14-16H2,1H3. The minimum Gasteiger partial charge on any atom is -0.335 e. The Morgan fingerprint density at radius 1 is 1.09 bits per heavy atom. The molecular weight excluding hydrogens is 442 g/mol. The van der Waals surface area contributed by atoms with Crippen molar-refractivity contribution in [2.45, 2.75) is 30.8 Å². The lowest BCUT2D eigenvalue weighted by atomic mass is 10.0. The van der Waals surface area contributed by atoms with E-state index in [4.69, 9.17) is 0 Å². The first-order valence-corrected chi connectivity index (χ1v) is 13.0. The number of benzene rings is 2. The predicted molar refractivity (Wildman–Crippen MR) is 127 cm³/mol. The van der Waals surface area contributed by atoms with E-state index in [0.717, 1.165) is 38.2 Å². The molecule has 2 aliphatic rings. The van der Waals surface area contributed by atoms with Gasteiger partial charge in [-0.15, -0.1) is 11.3 Å². The number of carbonyl (C=O) groups is 1. The van der Waals surface area contributed by atoms with E-state index in [2.05, 4.69) is 21.1 Å². The Bertz CT molecular complexity index is 1250. The molecule has 8 heteroatoms. The number of hydrogen-bond donors (Lipinski definition) is 1. The third-order valence-electron chi connectivity index (χ3n) is 6.19. The van der Waals surface area contributed by atoms with Crippen molar-refractivity contribution in [3.63, 3.8) is 0 Å². The van der Waals surface area contributed by atoms with Crippen molar-refractivity contribution in [3.8, 4) is 0 Å². The van der Waals surface area contributed by atoms with Gasteiger partial charge in [0.15, 0.2) is 0 Å². The lowest BCUT2D eigenvalue weighted by Gasteiger charge is -2.46. The van der Waals surface area contributed by atoms with Crippen LogP contribution in [-0.2, 0) is 23.0 Å². The fourth-order valence-electron chi connectivity index (χ4n) is 4.29. The van der Waals surface area contributed by atoms with Gasteiger partial charge in [0.25, 0.3) is 15.9 Å². The zero-order valence-electron chi connectivity index (χ0n) is 17.8. The fourth-order valence-corrected chi connectivity index (χ4v) is 6.35. The van der Waals surface area contributed by atoms with Gasteiger partial charge in [-0.2, -0.15) is 0 Å². The zero-order chi connectivity index (χ0) is 22.3. The Balaban J connectivity index is 1.18. The summed E-state index contributed by atoms with van der Waals surface area (Å²) >= 11 is 1.84. The van der Waals surface area contributed by atoms with Crippen LogP contribution in [0.1, 0.15) is 26.4 Å². The lowest BCUT2D eigenvalue weighted by molar-refractivity contribution is 0.0221. The van der Waals surface area contributed by atoms with E-state index in [0.29, 0.717) is 17.3 Å². The largest absolute Gasteiger partial charge is 0.335 e. The van der Waals surface area contributed by atoms with E-state index in [-0.39, 0.29) is 10.8 Å². The zero-order valence-corrected chi connectivity index (χ0v) is 19.5. The summed E-state index contributed by atoms with van der Waals surface area (Å²) in [6.45, 7) is 5.35. The highest BCUT2D eigenvalue weighted by atomic mass is 32.2. The van der Waals surface area contributed by atoms with Gasteiger partial charge in [-0.3, -0.25) is 14.4 Å². The number of anilines is 1. The molecule has 0 aliphatic carbocycles. The average molecular weight is 468 g/mol.